The number of benzene rings is 3. The van der Waals surface area contributed by atoms with Crippen molar-refractivity contribution in [2.75, 3.05) is 10.6 Å². The third-order valence-electron chi connectivity index (χ3n) is 7.79. The Balaban J connectivity index is 1.28. The largest absolute Gasteiger partial charge is 0.478 e. The predicted octanol–water partition coefficient (Wildman–Crippen LogP) is 7.98. The van der Waals surface area contributed by atoms with Crippen LogP contribution in [-0.2, 0) is 5.41 Å². The number of carboxylic acids is 1. The van der Waals surface area contributed by atoms with Crippen LogP contribution in [0, 0.1) is 17.8 Å². The number of hydrogen-bond acceptors (Lipinski definition) is 3. The first-order valence-corrected chi connectivity index (χ1v) is 12.4. The van der Waals surface area contributed by atoms with Gasteiger partial charge in [0.15, 0.2) is 0 Å². The molecule has 2 aliphatic carbocycles. The Kier molecular flexibility index (Phi) is 6.07. The normalized spacial score (nSPS) is 26.0. The topological polar surface area (TPSA) is 61.4 Å². The van der Waals surface area contributed by atoms with Gasteiger partial charge in [-0.1, -0.05) is 44.2 Å². The van der Waals surface area contributed by atoms with E-state index in [4.69, 9.17) is 0 Å². The second-order valence-electron chi connectivity index (χ2n) is 10.8. The molecule has 2 atom stereocenters. The first-order chi connectivity index (χ1) is 16.4. The molecule has 0 amide bonds. The first kappa shape index (κ1) is 22.5. The molecule has 3 N–H and O–H groups in total. The molecule has 5 rings (SSSR count). The molecule has 2 saturated carbocycles. The lowest BCUT2D eigenvalue weighted by molar-refractivity contribution is 0.0698. The summed E-state index contributed by atoms with van der Waals surface area (Å²) in [5, 5.41) is 16.2. The van der Waals surface area contributed by atoms with Crippen LogP contribution in [0.25, 0.3) is 0 Å². The van der Waals surface area contributed by atoms with Gasteiger partial charge in [0.05, 0.1) is 11.3 Å². The molecular formula is C30H34N2O2. The second kappa shape index (κ2) is 9.17. The van der Waals surface area contributed by atoms with Crippen LogP contribution >= 0.6 is 0 Å². The standard InChI is InChI=1S/C30H34N2O2/c1-20-14-21-16-22(15-20)19-30(2,18-21)23-10-12-24(13-11-23)31-25-6-5-7-26(17-25)32-28-9-4-3-8-27(28)29(33)34/h3-13,17,20-22,31-32H,14-16,18-19H2,1-2H3,(H,33,34). The molecule has 2 unspecified atom stereocenters. The van der Waals surface area contributed by atoms with Crippen molar-refractivity contribution in [1.82, 2.24) is 0 Å². The number of carbonyl (C=O) groups is 1. The fourth-order valence-corrected chi connectivity index (χ4v) is 6.56. The number of nitrogens with one attached hydrogen (secondary N) is 2. The molecule has 0 heterocycles. The zero-order chi connectivity index (χ0) is 23.7. The van der Waals surface area contributed by atoms with Crippen molar-refractivity contribution in [3.8, 4) is 0 Å². The van der Waals surface area contributed by atoms with E-state index in [9.17, 15) is 9.90 Å². The van der Waals surface area contributed by atoms with E-state index in [1.54, 1.807) is 18.2 Å². The quantitative estimate of drug-likeness (QED) is 0.353. The number of fused-ring (bicyclic) bond motifs is 2. The molecule has 4 heteroatoms. The SMILES string of the molecule is CC1CC2CC(C1)CC(C)(c1ccc(Nc3cccc(Nc4ccccc4C(=O)O)c3)cc1)C2. The smallest absolute Gasteiger partial charge is 0.337 e. The fourth-order valence-electron chi connectivity index (χ4n) is 6.56. The van der Waals surface area contributed by atoms with Crippen LogP contribution in [0.15, 0.2) is 72.8 Å². The van der Waals surface area contributed by atoms with Crippen LogP contribution in [0.3, 0.4) is 0 Å². The molecule has 2 fully saturated rings. The van der Waals surface area contributed by atoms with Gasteiger partial charge in [-0.05, 0) is 103 Å². The summed E-state index contributed by atoms with van der Waals surface area (Å²) in [6.07, 6.45) is 6.85. The van der Waals surface area contributed by atoms with E-state index in [0.29, 0.717) is 5.69 Å². The second-order valence-corrected chi connectivity index (χ2v) is 10.8. The van der Waals surface area contributed by atoms with E-state index >= 15 is 0 Å². The van der Waals surface area contributed by atoms with Crippen molar-refractivity contribution in [3.05, 3.63) is 83.9 Å². The van der Waals surface area contributed by atoms with E-state index in [0.717, 1.165) is 34.8 Å². The summed E-state index contributed by atoms with van der Waals surface area (Å²) >= 11 is 0. The molecule has 4 nitrogen and oxygen atoms in total. The average molecular weight is 455 g/mol. The van der Waals surface area contributed by atoms with E-state index < -0.39 is 5.97 Å². The van der Waals surface area contributed by atoms with Crippen molar-refractivity contribution in [2.24, 2.45) is 17.8 Å². The summed E-state index contributed by atoms with van der Waals surface area (Å²) in [5.74, 6) is 1.71. The maximum atomic E-state index is 11.5. The molecule has 0 radical (unpaired) electrons. The average Bonchev–Trinajstić information content (AvgIpc) is 2.79. The monoisotopic (exact) mass is 454 g/mol. The minimum Gasteiger partial charge on any atom is -0.478 e. The van der Waals surface area contributed by atoms with Crippen molar-refractivity contribution >= 4 is 28.7 Å². The van der Waals surface area contributed by atoms with Crippen molar-refractivity contribution in [2.45, 2.75) is 51.4 Å². The molecule has 34 heavy (non-hydrogen) atoms. The van der Waals surface area contributed by atoms with Crippen molar-refractivity contribution in [3.63, 3.8) is 0 Å². The molecule has 2 aliphatic rings. The summed E-state index contributed by atoms with van der Waals surface area (Å²) in [6.45, 7) is 4.90. The highest BCUT2D eigenvalue weighted by molar-refractivity contribution is 5.95. The third-order valence-corrected chi connectivity index (χ3v) is 7.79. The Morgan fingerprint density at radius 3 is 2.15 bits per heavy atom. The summed E-state index contributed by atoms with van der Waals surface area (Å²) in [7, 11) is 0. The zero-order valence-corrected chi connectivity index (χ0v) is 20.1. The number of hydrogen-bond donors (Lipinski definition) is 3. The van der Waals surface area contributed by atoms with Gasteiger partial charge in [0.25, 0.3) is 0 Å². The van der Waals surface area contributed by atoms with Gasteiger partial charge in [-0.2, -0.15) is 0 Å². The predicted molar refractivity (Wildman–Crippen MR) is 139 cm³/mol. The van der Waals surface area contributed by atoms with Crippen LogP contribution in [-0.4, -0.2) is 11.1 Å². The minimum absolute atomic E-state index is 0.256. The van der Waals surface area contributed by atoms with Gasteiger partial charge < -0.3 is 15.7 Å². The van der Waals surface area contributed by atoms with Gasteiger partial charge in [-0.3, -0.25) is 0 Å². The highest BCUT2D eigenvalue weighted by Gasteiger charge is 2.41. The molecule has 0 saturated heterocycles. The fraction of sp³-hybridized carbons (Fsp3) is 0.367. The molecular weight excluding hydrogens is 420 g/mol. The summed E-state index contributed by atoms with van der Waals surface area (Å²) in [6, 6.07) is 23.9. The van der Waals surface area contributed by atoms with Gasteiger partial charge in [0.2, 0.25) is 0 Å². The van der Waals surface area contributed by atoms with Crippen LogP contribution in [0.1, 0.15) is 61.9 Å². The molecule has 176 valence electrons. The van der Waals surface area contributed by atoms with Crippen LogP contribution in [0.4, 0.5) is 22.7 Å². The highest BCUT2D eigenvalue weighted by atomic mass is 16.4. The maximum absolute atomic E-state index is 11.5. The van der Waals surface area contributed by atoms with Gasteiger partial charge in [-0.15, -0.1) is 0 Å². The van der Waals surface area contributed by atoms with E-state index in [2.05, 4.69) is 48.7 Å². The number of para-hydroxylation sites is 1. The Hall–Kier alpha value is -3.27. The Bertz CT molecular complexity index is 1150. The Morgan fingerprint density at radius 1 is 0.824 bits per heavy atom. The number of anilines is 4. The van der Waals surface area contributed by atoms with Gasteiger partial charge in [0.1, 0.15) is 0 Å². The maximum Gasteiger partial charge on any atom is 0.337 e. The lowest BCUT2D eigenvalue weighted by Crippen LogP contribution is -2.38. The zero-order valence-electron chi connectivity index (χ0n) is 20.1. The number of aromatic carboxylic acids is 1. The minimum atomic E-state index is -0.942. The lowest BCUT2D eigenvalue weighted by atomic mass is 9.57. The van der Waals surface area contributed by atoms with Gasteiger partial charge in [0, 0.05) is 17.1 Å². The van der Waals surface area contributed by atoms with Crippen LogP contribution in [0.5, 0.6) is 0 Å². The van der Waals surface area contributed by atoms with E-state index in [1.165, 1.54) is 37.7 Å². The van der Waals surface area contributed by atoms with Gasteiger partial charge >= 0.3 is 5.97 Å². The van der Waals surface area contributed by atoms with E-state index in [-0.39, 0.29) is 11.0 Å². The molecule has 3 aromatic carbocycles. The molecule has 0 spiro atoms. The number of rotatable bonds is 6. The summed E-state index contributed by atoms with van der Waals surface area (Å²) < 4.78 is 0. The first-order valence-electron chi connectivity index (χ1n) is 12.4. The van der Waals surface area contributed by atoms with Crippen LogP contribution < -0.4 is 10.6 Å². The Labute approximate surface area is 202 Å². The molecule has 3 aromatic rings. The summed E-state index contributed by atoms with van der Waals surface area (Å²) in [4.78, 5) is 11.5. The number of carboxylic acid groups (broad SMARTS) is 1. The van der Waals surface area contributed by atoms with Crippen molar-refractivity contribution < 1.29 is 9.90 Å². The van der Waals surface area contributed by atoms with Crippen molar-refractivity contribution in [1.29, 1.82) is 0 Å². The molecule has 0 aromatic heterocycles. The molecule has 0 aliphatic heterocycles. The Morgan fingerprint density at radius 2 is 1.47 bits per heavy atom. The lowest BCUT2D eigenvalue weighted by Gasteiger charge is -2.47. The summed E-state index contributed by atoms with van der Waals surface area (Å²) in [5.41, 5.74) is 5.43. The van der Waals surface area contributed by atoms with Gasteiger partial charge in [-0.25, -0.2) is 4.79 Å². The highest BCUT2D eigenvalue weighted by Crippen LogP contribution is 2.51. The molecule has 2 bridgehead atoms. The van der Waals surface area contributed by atoms with Crippen LogP contribution in [0.2, 0.25) is 0 Å². The third kappa shape index (κ3) is 4.82. The van der Waals surface area contributed by atoms with E-state index in [1.807, 2.05) is 30.3 Å².